The van der Waals surface area contributed by atoms with E-state index in [-0.39, 0.29) is 23.0 Å². The molecule has 0 bridgehead atoms. The number of hydrogen-bond acceptors (Lipinski definition) is 7. The summed E-state index contributed by atoms with van der Waals surface area (Å²) < 4.78 is 11.2. The van der Waals surface area contributed by atoms with Crippen LogP contribution in [0.15, 0.2) is 17.1 Å². The van der Waals surface area contributed by atoms with Crippen LogP contribution in [0.5, 0.6) is 5.88 Å². The number of rotatable bonds is 7. The van der Waals surface area contributed by atoms with Crippen LogP contribution in [-0.2, 0) is 9.53 Å². The molecular weight excluding hydrogens is 408 g/mol. The van der Waals surface area contributed by atoms with E-state index in [2.05, 4.69) is 29.9 Å². The molecule has 0 atom stereocenters. The molecule has 1 aliphatic rings. The minimum Gasteiger partial charge on any atom is -0.407 e. The van der Waals surface area contributed by atoms with Crippen LogP contribution in [0.25, 0.3) is 10.9 Å². The lowest BCUT2D eigenvalue weighted by atomic mass is 9.87. The number of ether oxygens (including phenoxy) is 2. The van der Waals surface area contributed by atoms with Gasteiger partial charge in [-0.15, -0.1) is 0 Å². The average molecular weight is 441 g/mol. The quantitative estimate of drug-likeness (QED) is 0.650. The molecule has 0 unspecified atom stereocenters. The van der Waals surface area contributed by atoms with Gasteiger partial charge in [-0.2, -0.15) is 5.26 Å². The second-order valence-corrected chi connectivity index (χ2v) is 9.38. The van der Waals surface area contributed by atoms with Crippen LogP contribution in [0.4, 0.5) is 5.69 Å². The maximum absolute atomic E-state index is 12.7. The van der Waals surface area contributed by atoms with Crippen LogP contribution in [0.3, 0.4) is 0 Å². The first-order valence-corrected chi connectivity index (χ1v) is 11.1. The van der Waals surface area contributed by atoms with Gasteiger partial charge < -0.3 is 19.4 Å². The minimum atomic E-state index is -0.629. The van der Waals surface area contributed by atoms with Gasteiger partial charge in [-0.05, 0) is 40.0 Å². The monoisotopic (exact) mass is 440 g/mol. The summed E-state index contributed by atoms with van der Waals surface area (Å²) in [5.74, 6) is -0.193. The first kappa shape index (κ1) is 23.7. The number of unbranched alkanes of at least 4 members (excludes halogenated alkanes) is 1. The highest BCUT2D eigenvalue weighted by molar-refractivity contribution is 5.95. The lowest BCUT2D eigenvalue weighted by Gasteiger charge is -2.40. The zero-order chi connectivity index (χ0) is 23.5. The number of hydrogen-bond donors (Lipinski definition) is 1. The Morgan fingerprint density at radius 3 is 2.66 bits per heavy atom. The molecule has 0 spiro atoms. The van der Waals surface area contributed by atoms with E-state index in [1.54, 1.807) is 13.2 Å². The van der Waals surface area contributed by atoms with Gasteiger partial charge >= 0.3 is 5.97 Å². The minimum absolute atomic E-state index is 0.0465. The van der Waals surface area contributed by atoms with Gasteiger partial charge in [0.15, 0.2) is 0 Å². The van der Waals surface area contributed by atoms with E-state index in [4.69, 9.17) is 9.47 Å². The first-order valence-electron chi connectivity index (χ1n) is 11.1. The molecular formula is C24H32N4O4. The smallest absolute Gasteiger partial charge is 0.318 e. The summed E-state index contributed by atoms with van der Waals surface area (Å²) in [5.41, 5.74) is -0.223. The van der Waals surface area contributed by atoms with E-state index < -0.39 is 11.0 Å². The molecule has 0 radical (unpaired) electrons. The fourth-order valence-corrected chi connectivity index (χ4v) is 4.01. The maximum Gasteiger partial charge on any atom is 0.318 e. The molecule has 8 nitrogen and oxygen atoms in total. The fraction of sp³-hybridized carbons (Fsp3) is 0.583. The third-order valence-electron chi connectivity index (χ3n) is 6.49. The van der Waals surface area contributed by atoms with Crippen molar-refractivity contribution < 1.29 is 14.3 Å². The number of aromatic amines is 1. The van der Waals surface area contributed by atoms with Crippen LogP contribution in [0.2, 0.25) is 0 Å². The van der Waals surface area contributed by atoms with E-state index in [9.17, 15) is 14.9 Å². The van der Waals surface area contributed by atoms with Crippen LogP contribution in [0.1, 0.15) is 65.4 Å². The Labute approximate surface area is 188 Å². The molecule has 2 aromatic heterocycles. The summed E-state index contributed by atoms with van der Waals surface area (Å²) in [5, 5.41) is 10.4. The summed E-state index contributed by atoms with van der Waals surface area (Å²) >= 11 is 0. The van der Waals surface area contributed by atoms with Gasteiger partial charge in [0.1, 0.15) is 11.6 Å². The van der Waals surface area contributed by atoms with Crippen molar-refractivity contribution in [3.63, 3.8) is 0 Å². The number of esters is 1. The van der Waals surface area contributed by atoms with Crippen molar-refractivity contribution in [1.29, 1.82) is 5.26 Å². The molecule has 1 fully saturated rings. The fourth-order valence-electron chi connectivity index (χ4n) is 4.01. The second kappa shape index (κ2) is 9.29. The summed E-state index contributed by atoms with van der Waals surface area (Å²) in [4.78, 5) is 34.3. The SMILES string of the molecule is CCCCC(C)(C)C(=O)Oc1cc2c(N3CCC(C)(OC)CC3)c(C#N)c(=O)[nH]c2cn1. The molecule has 3 rings (SSSR count). The second-order valence-electron chi connectivity index (χ2n) is 9.38. The molecule has 1 N–H and O–H groups in total. The van der Waals surface area contributed by atoms with Crippen molar-refractivity contribution in [2.24, 2.45) is 5.41 Å². The highest BCUT2D eigenvalue weighted by Crippen LogP contribution is 2.35. The van der Waals surface area contributed by atoms with E-state index in [1.807, 2.05) is 18.7 Å². The van der Waals surface area contributed by atoms with Crippen molar-refractivity contribution >= 4 is 22.6 Å². The Morgan fingerprint density at radius 1 is 1.38 bits per heavy atom. The Bertz CT molecular complexity index is 1090. The molecule has 1 aliphatic heterocycles. The molecule has 32 heavy (non-hydrogen) atoms. The Hall–Kier alpha value is -2.92. The van der Waals surface area contributed by atoms with Crippen LogP contribution < -0.4 is 15.2 Å². The van der Waals surface area contributed by atoms with Crippen molar-refractivity contribution in [3.8, 4) is 11.9 Å². The highest BCUT2D eigenvalue weighted by atomic mass is 16.5. The van der Waals surface area contributed by atoms with E-state index in [0.29, 0.717) is 29.7 Å². The normalized spacial score (nSPS) is 16.1. The number of pyridine rings is 2. The van der Waals surface area contributed by atoms with Crippen molar-refractivity contribution in [3.05, 3.63) is 28.2 Å². The number of nitrogens with one attached hydrogen (secondary N) is 1. The summed E-state index contributed by atoms with van der Waals surface area (Å²) in [6, 6.07) is 3.69. The van der Waals surface area contributed by atoms with E-state index in [1.165, 1.54) is 6.20 Å². The maximum atomic E-state index is 12.7. The van der Waals surface area contributed by atoms with Gasteiger partial charge in [0, 0.05) is 31.7 Å². The number of aromatic nitrogens is 2. The highest BCUT2D eigenvalue weighted by Gasteiger charge is 2.33. The first-order chi connectivity index (χ1) is 15.1. The molecule has 0 aliphatic carbocycles. The summed E-state index contributed by atoms with van der Waals surface area (Å²) in [7, 11) is 1.70. The standard InChI is InChI=1S/C24H32N4O4/c1-6-7-8-23(2,3)22(30)32-19-13-16-18(15-26-19)27-21(29)17(14-25)20(16)28-11-9-24(4,31-5)10-12-28/h13,15H,6-12H2,1-5H3,(H,27,29). The van der Waals surface area contributed by atoms with Gasteiger partial charge in [0.05, 0.1) is 28.4 Å². The predicted octanol–water partition coefficient (Wildman–Crippen LogP) is 3.92. The zero-order valence-corrected chi connectivity index (χ0v) is 19.6. The Morgan fingerprint density at radius 2 is 2.06 bits per heavy atom. The molecule has 0 saturated carbocycles. The lowest BCUT2D eigenvalue weighted by Crippen LogP contribution is -2.44. The van der Waals surface area contributed by atoms with Gasteiger partial charge in [0.2, 0.25) is 5.88 Å². The summed E-state index contributed by atoms with van der Waals surface area (Å²) in [6.07, 6.45) is 5.66. The number of fused-ring (bicyclic) bond motifs is 1. The third-order valence-corrected chi connectivity index (χ3v) is 6.49. The molecule has 3 heterocycles. The third kappa shape index (κ3) is 4.78. The number of carbonyl (C=O) groups is 1. The molecule has 1 saturated heterocycles. The van der Waals surface area contributed by atoms with Crippen LogP contribution >= 0.6 is 0 Å². The zero-order valence-electron chi connectivity index (χ0n) is 19.6. The number of anilines is 1. The predicted molar refractivity (Wildman–Crippen MR) is 123 cm³/mol. The number of nitriles is 1. The number of nitrogens with zero attached hydrogens (tertiary/aromatic N) is 3. The lowest BCUT2D eigenvalue weighted by molar-refractivity contribution is -0.144. The molecule has 2 aromatic rings. The summed E-state index contributed by atoms with van der Waals surface area (Å²) in [6.45, 7) is 9.15. The van der Waals surface area contributed by atoms with Gasteiger partial charge in [0.25, 0.3) is 5.56 Å². The Balaban J connectivity index is 2.00. The largest absolute Gasteiger partial charge is 0.407 e. The van der Waals surface area contributed by atoms with Crippen molar-refractivity contribution in [1.82, 2.24) is 9.97 Å². The number of methoxy groups -OCH3 is 1. The van der Waals surface area contributed by atoms with Crippen molar-refractivity contribution in [2.45, 2.75) is 65.4 Å². The number of piperidine rings is 1. The van der Waals surface area contributed by atoms with Gasteiger partial charge in [-0.3, -0.25) is 9.59 Å². The average Bonchev–Trinajstić information content (AvgIpc) is 2.77. The Kier molecular flexibility index (Phi) is 6.89. The van der Waals surface area contributed by atoms with Crippen LogP contribution in [-0.4, -0.2) is 41.7 Å². The van der Waals surface area contributed by atoms with Crippen LogP contribution in [0, 0.1) is 16.7 Å². The van der Waals surface area contributed by atoms with E-state index >= 15 is 0 Å². The van der Waals surface area contributed by atoms with Gasteiger partial charge in [-0.1, -0.05) is 19.8 Å². The molecule has 172 valence electrons. The van der Waals surface area contributed by atoms with Crippen molar-refractivity contribution in [2.75, 3.05) is 25.1 Å². The number of carbonyl (C=O) groups excluding carboxylic acids is 1. The number of H-pyrrole nitrogens is 1. The topological polar surface area (TPSA) is 108 Å². The van der Waals surface area contributed by atoms with E-state index in [0.717, 1.165) is 32.1 Å². The van der Waals surface area contributed by atoms with Gasteiger partial charge in [-0.25, -0.2) is 4.98 Å². The molecule has 0 aromatic carbocycles. The molecule has 0 amide bonds. The molecule has 8 heteroatoms.